The van der Waals surface area contributed by atoms with E-state index < -0.39 is 11.9 Å². The normalized spacial score (nSPS) is 20.0. The molecule has 1 N–H and O–H groups in total. The van der Waals surface area contributed by atoms with E-state index >= 15 is 0 Å². The van der Waals surface area contributed by atoms with Crippen molar-refractivity contribution in [3.05, 3.63) is 80.8 Å². The van der Waals surface area contributed by atoms with Crippen LogP contribution in [0.2, 0.25) is 0 Å². The number of fused-ring (bicyclic) bond motifs is 2. The number of ether oxygens (including phenoxy) is 2. The van der Waals surface area contributed by atoms with Crippen molar-refractivity contribution in [2.75, 3.05) is 64.9 Å². The summed E-state index contributed by atoms with van der Waals surface area (Å²) in [6.45, 7) is 7.88. The number of aromatic nitrogens is 4. The number of likely N-dealkylation sites (tertiary alicyclic amines) is 2. The zero-order chi connectivity index (χ0) is 40.9. The third kappa shape index (κ3) is 7.30. The second kappa shape index (κ2) is 15.9. The zero-order valence-electron chi connectivity index (χ0n) is 34.5. The number of aryl methyl sites for hydroxylation is 2. The number of imidazole rings is 1. The Kier molecular flexibility index (Phi) is 10.5. The molecule has 4 aliphatic rings. The highest BCUT2D eigenvalue weighted by molar-refractivity contribution is 6.00. The maximum atomic E-state index is 13.3. The number of piperidine rings is 3. The van der Waals surface area contributed by atoms with Crippen LogP contribution in [-0.4, -0.2) is 100 Å². The Morgan fingerprint density at radius 2 is 1.51 bits per heavy atom. The highest BCUT2D eigenvalue weighted by Gasteiger charge is 2.32. The van der Waals surface area contributed by atoms with E-state index in [1.165, 1.54) is 5.56 Å². The fourth-order valence-corrected chi connectivity index (χ4v) is 9.82. The molecule has 9 rings (SSSR count). The molecule has 14 heteroatoms. The number of nitrogens with one attached hydrogen (secondary N) is 1. The van der Waals surface area contributed by atoms with E-state index in [-0.39, 0.29) is 23.6 Å². The molecule has 0 radical (unpaired) electrons. The van der Waals surface area contributed by atoms with Crippen LogP contribution in [0.3, 0.4) is 0 Å². The van der Waals surface area contributed by atoms with Gasteiger partial charge in [-0.25, -0.2) is 9.78 Å². The summed E-state index contributed by atoms with van der Waals surface area (Å²) >= 11 is 0. The Hall–Kier alpha value is -5.47. The van der Waals surface area contributed by atoms with Crippen LogP contribution in [0.4, 0.5) is 5.82 Å². The molecule has 2 amide bonds. The monoisotopic (exact) mass is 802 g/mol. The summed E-state index contributed by atoms with van der Waals surface area (Å²) in [5.41, 5.74) is 5.39. The van der Waals surface area contributed by atoms with Crippen LogP contribution in [-0.2, 0) is 30.2 Å². The molecule has 14 nitrogen and oxygen atoms in total. The van der Waals surface area contributed by atoms with Crippen molar-refractivity contribution in [3.63, 3.8) is 0 Å². The lowest BCUT2D eigenvalue weighted by atomic mass is 9.88. The van der Waals surface area contributed by atoms with Gasteiger partial charge in [0.2, 0.25) is 11.8 Å². The maximum Gasteiger partial charge on any atom is 0.329 e. The van der Waals surface area contributed by atoms with Crippen LogP contribution < -0.4 is 30.9 Å². The second-order valence-corrected chi connectivity index (χ2v) is 17.0. The molecule has 4 saturated heterocycles. The Morgan fingerprint density at radius 3 is 2.17 bits per heavy atom. The number of hydrogen-bond acceptors (Lipinski definition) is 10. The predicted molar refractivity (Wildman–Crippen MR) is 227 cm³/mol. The quantitative estimate of drug-likeness (QED) is 0.201. The highest BCUT2D eigenvalue weighted by atomic mass is 16.5. The first-order chi connectivity index (χ1) is 28.6. The van der Waals surface area contributed by atoms with E-state index in [9.17, 15) is 19.2 Å². The Balaban J connectivity index is 0.827. The molecule has 5 aromatic rings. The summed E-state index contributed by atoms with van der Waals surface area (Å²) in [5.74, 6) is 2.80. The van der Waals surface area contributed by atoms with Gasteiger partial charge in [-0.15, -0.1) is 0 Å². The molecule has 0 aliphatic carbocycles. The van der Waals surface area contributed by atoms with Gasteiger partial charge >= 0.3 is 5.69 Å². The minimum absolute atomic E-state index is 0.0690. The molecular weight excluding hydrogens is 749 g/mol. The van der Waals surface area contributed by atoms with E-state index in [2.05, 4.69) is 49.3 Å². The molecule has 1 unspecified atom stereocenters. The van der Waals surface area contributed by atoms with Gasteiger partial charge in [-0.3, -0.25) is 33.7 Å². The lowest BCUT2D eigenvalue weighted by Crippen LogP contribution is -2.44. The molecular formula is C45H54N8O6. The number of rotatable bonds is 10. The fraction of sp³-hybridized carbons (Fsp3) is 0.489. The molecule has 2 aromatic carbocycles. The number of anilines is 1. The first-order valence-electron chi connectivity index (χ1n) is 21.1. The lowest BCUT2D eigenvalue weighted by molar-refractivity contribution is -0.135. The van der Waals surface area contributed by atoms with E-state index in [1.807, 2.05) is 18.3 Å². The van der Waals surface area contributed by atoms with Gasteiger partial charge in [-0.05, 0) is 118 Å². The standard InChI is InChI=1S/C45H54N8O6/c1-48-26-34(32-23-41(52-14-5-15-52)46-24-33(32)44(48)56)31-21-39(58-3)35(40(22-31)59-4)27-51-16-10-28(11-17-51)25-50-18-12-29(13-19-50)30-6-7-36-38(20-30)49(2)45(57)53(36)37-8-9-42(54)47-43(37)55/h6-7,20-24,26,28-29,37H,5,8-19,25,27H2,1-4H3,(H,47,54,55). The second-order valence-electron chi connectivity index (χ2n) is 17.0. The van der Waals surface area contributed by atoms with Crippen LogP contribution in [0, 0.1) is 5.92 Å². The summed E-state index contributed by atoms with van der Waals surface area (Å²) in [5, 5.41) is 3.86. The highest BCUT2D eigenvalue weighted by Crippen LogP contribution is 2.39. The minimum Gasteiger partial charge on any atom is -0.496 e. The molecule has 0 bridgehead atoms. The molecule has 59 heavy (non-hydrogen) atoms. The summed E-state index contributed by atoms with van der Waals surface area (Å²) in [7, 11) is 6.96. The molecule has 0 saturated carbocycles. The van der Waals surface area contributed by atoms with Crippen molar-refractivity contribution < 1.29 is 19.1 Å². The SMILES string of the molecule is COc1cc(-c2cn(C)c(=O)c3cnc(N4CCC4)cc23)cc(OC)c1CN1CCC(CN2CCC(c3ccc4c(c3)n(C)c(=O)n4C3CCC(=O)NC3=O)CC2)CC1. The van der Waals surface area contributed by atoms with E-state index in [0.717, 1.165) is 135 Å². The number of nitrogens with zero attached hydrogens (tertiary/aromatic N) is 7. The van der Waals surface area contributed by atoms with Gasteiger partial charge in [-0.1, -0.05) is 6.07 Å². The van der Waals surface area contributed by atoms with Gasteiger partial charge in [0.05, 0.1) is 36.2 Å². The third-order valence-corrected chi connectivity index (χ3v) is 13.5. The first-order valence-corrected chi connectivity index (χ1v) is 21.1. The van der Waals surface area contributed by atoms with Crippen molar-refractivity contribution in [2.45, 2.75) is 63.5 Å². The average Bonchev–Trinajstić information content (AvgIpc) is 3.47. The van der Waals surface area contributed by atoms with Crippen molar-refractivity contribution in [3.8, 4) is 22.6 Å². The largest absolute Gasteiger partial charge is 0.496 e. The summed E-state index contributed by atoms with van der Waals surface area (Å²) in [6.07, 6.45) is 9.72. The lowest BCUT2D eigenvalue weighted by Gasteiger charge is -2.38. The van der Waals surface area contributed by atoms with Crippen molar-refractivity contribution in [1.82, 2.24) is 33.8 Å². The number of pyridine rings is 2. The van der Waals surface area contributed by atoms with E-state index in [4.69, 9.17) is 9.47 Å². The fourth-order valence-electron chi connectivity index (χ4n) is 9.82. The number of methoxy groups -OCH3 is 2. The topological polar surface area (TPSA) is 136 Å². The summed E-state index contributed by atoms with van der Waals surface area (Å²) in [6, 6.07) is 11.7. The van der Waals surface area contributed by atoms with Gasteiger partial charge in [-0.2, -0.15) is 0 Å². The smallest absolute Gasteiger partial charge is 0.329 e. The van der Waals surface area contributed by atoms with Crippen molar-refractivity contribution >= 4 is 39.4 Å². The van der Waals surface area contributed by atoms with Crippen molar-refractivity contribution in [1.29, 1.82) is 0 Å². The molecule has 4 aliphatic heterocycles. The first kappa shape index (κ1) is 39.0. The van der Waals surface area contributed by atoms with Crippen molar-refractivity contribution in [2.24, 2.45) is 20.0 Å². The maximum absolute atomic E-state index is 13.3. The number of benzene rings is 2. The number of imide groups is 1. The van der Waals surface area contributed by atoms with Gasteiger partial charge in [0.1, 0.15) is 23.4 Å². The molecule has 310 valence electrons. The number of carbonyl (C=O) groups excluding carboxylic acids is 2. The average molecular weight is 803 g/mol. The summed E-state index contributed by atoms with van der Waals surface area (Å²) < 4.78 is 16.9. The Morgan fingerprint density at radius 1 is 0.797 bits per heavy atom. The third-order valence-electron chi connectivity index (χ3n) is 13.5. The van der Waals surface area contributed by atoms with Crippen LogP contribution in [0.25, 0.3) is 32.9 Å². The molecule has 4 fully saturated rings. The molecule has 1 atom stereocenters. The Labute approximate surface area is 343 Å². The van der Waals surface area contributed by atoms with Gasteiger partial charge in [0.15, 0.2) is 0 Å². The van der Waals surface area contributed by atoms with Crippen LogP contribution in [0.5, 0.6) is 11.5 Å². The number of amides is 2. The molecule has 7 heterocycles. The molecule has 3 aromatic heterocycles. The van der Waals surface area contributed by atoms with Gasteiger partial charge < -0.3 is 23.8 Å². The number of carbonyl (C=O) groups is 2. The van der Waals surface area contributed by atoms with Crippen LogP contribution >= 0.6 is 0 Å². The molecule has 0 spiro atoms. The predicted octanol–water partition coefficient (Wildman–Crippen LogP) is 4.55. The minimum atomic E-state index is -0.676. The van der Waals surface area contributed by atoms with Crippen LogP contribution in [0.15, 0.2) is 58.4 Å². The Bertz CT molecular complexity index is 2530. The zero-order valence-corrected chi connectivity index (χ0v) is 34.5. The van der Waals surface area contributed by atoms with E-state index in [1.54, 1.807) is 48.2 Å². The van der Waals surface area contributed by atoms with Gasteiger partial charge in [0, 0.05) is 70.0 Å². The van der Waals surface area contributed by atoms with Crippen LogP contribution in [0.1, 0.15) is 68.0 Å². The number of hydrogen-bond donors (Lipinski definition) is 1. The van der Waals surface area contributed by atoms with E-state index in [0.29, 0.717) is 23.6 Å². The summed E-state index contributed by atoms with van der Waals surface area (Å²) in [4.78, 5) is 62.8. The van der Waals surface area contributed by atoms with Gasteiger partial charge in [0.25, 0.3) is 5.56 Å².